The van der Waals surface area contributed by atoms with E-state index in [-0.39, 0.29) is 25.5 Å². The van der Waals surface area contributed by atoms with E-state index in [2.05, 4.69) is 31.7 Å². The molecule has 0 atom stereocenters. The number of ketones is 1. The number of methoxy groups -OCH3 is 1. The van der Waals surface area contributed by atoms with Crippen LogP contribution in [0.25, 0.3) is 11.4 Å². The molecule has 3 heterocycles. The number of pyridine rings is 1. The van der Waals surface area contributed by atoms with Crippen molar-refractivity contribution in [1.29, 1.82) is 0 Å². The zero-order valence-corrected chi connectivity index (χ0v) is 22.8. The highest BCUT2D eigenvalue weighted by Gasteiger charge is 2.43. The van der Waals surface area contributed by atoms with Crippen LogP contribution in [0.4, 0.5) is 17.3 Å². The van der Waals surface area contributed by atoms with Crippen molar-refractivity contribution in [2.24, 2.45) is 13.0 Å². The molecule has 3 fully saturated rings. The standard InChI is InChI=1S/C27H32N7O3P/c1-4-21(35)18-13-28-22(32-27(36)15-5-6-15)11-19(18)31-26-25(37-3)24(29-14-30-26)20-12-23(34(2)33-20)38(16-7-8-16)17-9-10-17/h11-17H,4-10H2,1-3H3,(H2,28,29,30,31,32,36). The van der Waals surface area contributed by atoms with Gasteiger partial charge >= 0.3 is 0 Å². The average molecular weight is 534 g/mol. The maximum atomic E-state index is 12.7. The third-order valence-electron chi connectivity index (χ3n) is 7.23. The highest BCUT2D eigenvalue weighted by Crippen LogP contribution is 2.63. The van der Waals surface area contributed by atoms with Gasteiger partial charge in [-0.15, -0.1) is 0 Å². The van der Waals surface area contributed by atoms with Crippen LogP contribution in [0.15, 0.2) is 24.7 Å². The fourth-order valence-electron chi connectivity index (χ4n) is 4.77. The molecular formula is C27H32N7O3P. The molecule has 1 amide bonds. The molecule has 0 radical (unpaired) electrons. The Bertz CT molecular complexity index is 1380. The number of rotatable bonds is 11. The predicted molar refractivity (Wildman–Crippen MR) is 147 cm³/mol. The number of hydrogen-bond acceptors (Lipinski definition) is 8. The van der Waals surface area contributed by atoms with Crippen LogP contribution >= 0.6 is 7.92 Å². The van der Waals surface area contributed by atoms with Crippen molar-refractivity contribution >= 4 is 42.4 Å². The number of nitrogens with one attached hydrogen (secondary N) is 2. The van der Waals surface area contributed by atoms with E-state index in [4.69, 9.17) is 9.84 Å². The summed E-state index contributed by atoms with van der Waals surface area (Å²) in [5.74, 6) is 1.15. The van der Waals surface area contributed by atoms with Gasteiger partial charge in [0.15, 0.2) is 17.4 Å². The molecule has 2 N–H and O–H groups in total. The lowest BCUT2D eigenvalue weighted by Crippen LogP contribution is -2.16. The Kier molecular flexibility index (Phi) is 6.60. The van der Waals surface area contributed by atoms with Gasteiger partial charge in [-0.3, -0.25) is 14.3 Å². The SMILES string of the molecule is CCC(=O)c1cnc(NC(=O)C2CC2)cc1Nc1ncnc(-c2cc(P(C3CC3)C3CC3)n(C)n2)c1OC. The molecule has 3 aliphatic carbocycles. The molecule has 3 saturated carbocycles. The second-order valence-corrected chi connectivity index (χ2v) is 13.0. The Labute approximate surface area is 222 Å². The molecule has 0 saturated heterocycles. The average Bonchev–Trinajstić information content (AvgIpc) is 3.76. The van der Waals surface area contributed by atoms with E-state index < -0.39 is 0 Å². The minimum Gasteiger partial charge on any atom is -0.491 e. The van der Waals surface area contributed by atoms with E-state index in [1.165, 1.54) is 43.6 Å². The quantitative estimate of drug-likeness (QED) is 0.275. The number of anilines is 3. The third kappa shape index (κ3) is 5.01. The van der Waals surface area contributed by atoms with E-state index in [0.717, 1.165) is 29.9 Å². The minimum atomic E-state index is -0.207. The molecule has 0 aromatic carbocycles. The van der Waals surface area contributed by atoms with Crippen LogP contribution in [0.1, 0.15) is 62.2 Å². The largest absolute Gasteiger partial charge is 0.491 e. The molecule has 0 unspecified atom stereocenters. The van der Waals surface area contributed by atoms with Crippen LogP contribution in [-0.2, 0) is 11.8 Å². The van der Waals surface area contributed by atoms with Crippen LogP contribution in [0.3, 0.4) is 0 Å². The van der Waals surface area contributed by atoms with Crippen LogP contribution < -0.4 is 20.8 Å². The number of nitrogens with zero attached hydrogens (tertiary/aromatic N) is 5. The third-order valence-corrected chi connectivity index (χ3v) is 10.8. The fraction of sp³-hybridized carbons (Fsp3) is 0.481. The Morgan fingerprint density at radius 2 is 1.82 bits per heavy atom. The van der Waals surface area contributed by atoms with Crippen molar-refractivity contribution in [3.63, 3.8) is 0 Å². The van der Waals surface area contributed by atoms with Crippen molar-refractivity contribution in [3.05, 3.63) is 30.2 Å². The topological polar surface area (TPSA) is 124 Å². The maximum Gasteiger partial charge on any atom is 0.228 e. The first kappa shape index (κ1) is 24.9. The molecule has 11 heteroatoms. The van der Waals surface area contributed by atoms with Crippen molar-refractivity contribution in [2.75, 3.05) is 17.7 Å². The first-order valence-electron chi connectivity index (χ1n) is 13.3. The number of carbonyl (C=O) groups is 2. The molecule has 3 aromatic rings. The molecule has 0 spiro atoms. The zero-order valence-electron chi connectivity index (χ0n) is 21.9. The van der Waals surface area contributed by atoms with Crippen molar-refractivity contribution in [2.45, 2.75) is 63.2 Å². The van der Waals surface area contributed by atoms with Gasteiger partial charge in [-0.25, -0.2) is 15.0 Å². The summed E-state index contributed by atoms with van der Waals surface area (Å²) < 4.78 is 7.81. The Balaban J connectivity index is 1.34. The Hall–Kier alpha value is -3.39. The van der Waals surface area contributed by atoms with Crippen LogP contribution in [0, 0.1) is 5.92 Å². The van der Waals surface area contributed by atoms with Gasteiger partial charge in [-0.1, -0.05) is 6.92 Å². The number of hydrogen-bond donors (Lipinski definition) is 2. The Morgan fingerprint density at radius 3 is 2.45 bits per heavy atom. The first-order valence-corrected chi connectivity index (χ1v) is 14.8. The second-order valence-electron chi connectivity index (χ2n) is 10.3. The smallest absolute Gasteiger partial charge is 0.228 e. The van der Waals surface area contributed by atoms with E-state index in [1.807, 2.05) is 11.7 Å². The summed E-state index contributed by atoms with van der Waals surface area (Å²) in [4.78, 5) is 38.3. The molecule has 6 rings (SSSR count). The second kappa shape index (κ2) is 10.1. The van der Waals surface area contributed by atoms with Crippen LogP contribution in [-0.4, -0.2) is 54.9 Å². The van der Waals surface area contributed by atoms with Gasteiger partial charge in [0, 0.05) is 31.6 Å². The number of aromatic nitrogens is 5. The van der Waals surface area contributed by atoms with Gasteiger partial charge < -0.3 is 15.4 Å². The highest BCUT2D eigenvalue weighted by molar-refractivity contribution is 7.67. The van der Waals surface area contributed by atoms with Crippen molar-refractivity contribution in [1.82, 2.24) is 24.7 Å². The highest BCUT2D eigenvalue weighted by atomic mass is 31.1. The molecule has 0 aliphatic heterocycles. The van der Waals surface area contributed by atoms with Crippen LogP contribution in [0.5, 0.6) is 5.75 Å². The van der Waals surface area contributed by atoms with Gasteiger partial charge in [-0.2, -0.15) is 5.10 Å². The summed E-state index contributed by atoms with van der Waals surface area (Å²) >= 11 is 0. The summed E-state index contributed by atoms with van der Waals surface area (Å²) in [5.41, 5.74) is 5.20. The van der Waals surface area contributed by atoms with Gasteiger partial charge in [0.25, 0.3) is 0 Å². The summed E-state index contributed by atoms with van der Waals surface area (Å²) in [5, 5.41) is 10.9. The zero-order chi connectivity index (χ0) is 26.4. The maximum absolute atomic E-state index is 12.7. The lowest BCUT2D eigenvalue weighted by atomic mass is 10.1. The molecular weight excluding hydrogens is 501 g/mol. The monoisotopic (exact) mass is 533 g/mol. The van der Waals surface area contributed by atoms with E-state index >= 15 is 0 Å². The molecule has 10 nitrogen and oxygen atoms in total. The number of Topliss-reactive ketones (excluding diaryl/α,β-unsaturated/α-hetero) is 1. The van der Waals surface area contributed by atoms with Crippen molar-refractivity contribution in [3.8, 4) is 17.1 Å². The van der Waals surface area contributed by atoms with Gasteiger partial charge in [0.2, 0.25) is 5.91 Å². The summed E-state index contributed by atoms with van der Waals surface area (Å²) in [6, 6.07) is 3.84. The molecule has 3 aromatic heterocycles. The summed E-state index contributed by atoms with van der Waals surface area (Å²) in [6.07, 6.45) is 10.3. The van der Waals surface area contributed by atoms with Crippen molar-refractivity contribution < 1.29 is 14.3 Å². The fourth-order valence-corrected chi connectivity index (χ4v) is 8.18. The van der Waals surface area contributed by atoms with E-state index in [1.54, 1.807) is 20.1 Å². The number of carbonyl (C=O) groups excluding carboxylic acids is 2. The van der Waals surface area contributed by atoms with E-state index in [9.17, 15) is 9.59 Å². The first-order chi connectivity index (χ1) is 18.5. The predicted octanol–water partition coefficient (Wildman–Crippen LogP) is 4.40. The van der Waals surface area contributed by atoms with Crippen LogP contribution in [0.2, 0.25) is 0 Å². The van der Waals surface area contributed by atoms with Gasteiger partial charge in [0.05, 0.1) is 23.8 Å². The lowest BCUT2D eigenvalue weighted by Gasteiger charge is -2.16. The minimum absolute atomic E-state index is 0.0406. The molecule has 38 heavy (non-hydrogen) atoms. The summed E-state index contributed by atoms with van der Waals surface area (Å²) in [6.45, 7) is 1.80. The number of amides is 1. The molecule has 3 aliphatic rings. The van der Waals surface area contributed by atoms with Gasteiger partial charge in [-0.05, 0) is 63.8 Å². The van der Waals surface area contributed by atoms with Gasteiger partial charge in [0.1, 0.15) is 23.5 Å². The Morgan fingerprint density at radius 1 is 1.08 bits per heavy atom. The number of aryl methyl sites for hydroxylation is 1. The molecule has 198 valence electrons. The molecule has 0 bridgehead atoms. The van der Waals surface area contributed by atoms with E-state index in [0.29, 0.717) is 40.8 Å². The number of ether oxygens (including phenoxy) is 1. The normalized spacial score (nSPS) is 16.9. The lowest BCUT2D eigenvalue weighted by molar-refractivity contribution is -0.117. The summed E-state index contributed by atoms with van der Waals surface area (Å²) in [7, 11) is 3.38.